The summed E-state index contributed by atoms with van der Waals surface area (Å²) in [5, 5.41) is 10.5. The Balaban J connectivity index is 1.73. The van der Waals surface area contributed by atoms with E-state index >= 15 is 0 Å². The van der Waals surface area contributed by atoms with E-state index in [2.05, 4.69) is 22.4 Å². The molecule has 0 unspecified atom stereocenters. The first-order valence-electron chi connectivity index (χ1n) is 9.20. The van der Waals surface area contributed by atoms with Crippen molar-refractivity contribution in [2.24, 2.45) is 0 Å². The Bertz CT molecular complexity index is 558. The van der Waals surface area contributed by atoms with Crippen LogP contribution in [-0.4, -0.2) is 46.4 Å². The lowest BCUT2D eigenvalue weighted by Crippen LogP contribution is -2.47. The van der Waals surface area contributed by atoms with Gasteiger partial charge in [0.1, 0.15) is 0 Å². The van der Waals surface area contributed by atoms with E-state index < -0.39 is 0 Å². The molecule has 6 heteroatoms. The number of urea groups is 1. The Labute approximate surface area is 144 Å². The fourth-order valence-electron chi connectivity index (χ4n) is 4.04. The summed E-state index contributed by atoms with van der Waals surface area (Å²) in [5.41, 5.74) is 3.06. The summed E-state index contributed by atoms with van der Waals surface area (Å²) in [4.78, 5) is 14.9. The Morgan fingerprint density at radius 2 is 2.21 bits per heavy atom. The SMILES string of the molecule is Cc1n[nH]c(C)c1[C@@H]1CCCCCN1C(=O)NC[C@@]1(C)CCCO1. The zero-order chi connectivity index (χ0) is 17.2. The quantitative estimate of drug-likeness (QED) is 0.891. The summed E-state index contributed by atoms with van der Waals surface area (Å²) < 4.78 is 5.79. The van der Waals surface area contributed by atoms with Gasteiger partial charge in [0.15, 0.2) is 0 Å². The van der Waals surface area contributed by atoms with Crippen LogP contribution in [0.15, 0.2) is 0 Å². The van der Waals surface area contributed by atoms with Gasteiger partial charge in [-0.15, -0.1) is 0 Å². The van der Waals surface area contributed by atoms with Gasteiger partial charge in [0.05, 0.1) is 17.3 Å². The van der Waals surface area contributed by atoms with Crippen LogP contribution < -0.4 is 5.32 Å². The molecule has 2 aliphatic rings. The largest absolute Gasteiger partial charge is 0.373 e. The van der Waals surface area contributed by atoms with E-state index in [4.69, 9.17) is 4.74 Å². The maximum Gasteiger partial charge on any atom is 0.318 e. The van der Waals surface area contributed by atoms with Crippen LogP contribution in [0.3, 0.4) is 0 Å². The third-order valence-electron chi connectivity index (χ3n) is 5.45. The molecule has 0 aromatic carbocycles. The lowest BCUT2D eigenvalue weighted by Gasteiger charge is -2.32. The number of hydrogen-bond donors (Lipinski definition) is 2. The van der Waals surface area contributed by atoms with Crippen LogP contribution in [0, 0.1) is 13.8 Å². The van der Waals surface area contributed by atoms with Crippen LogP contribution >= 0.6 is 0 Å². The van der Waals surface area contributed by atoms with Crippen molar-refractivity contribution in [2.75, 3.05) is 19.7 Å². The molecule has 3 heterocycles. The van der Waals surface area contributed by atoms with Crippen molar-refractivity contribution in [1.29, 1.82) is 0 Å². The molecule has 134 valence electrons. The monoisotopic (exact) mass is 334 g/mol. The van der Waals surface area contributed by atoms with Crippen molar-refractivity contribution in [2.45, 2.75) is 70.9 Å². The second-order valence-corrected chi connectivity index (χ2v) is 7.47. The van der Waals surface area contributed by atoms with E-state index in [0.29, 0.717) is 6.54 Å². The van der Waals surface area contributed by atoms with Gasteiger partial charge in [0.25, 0.3) is 0 Å². The molecule has 2 saturated heterocycles. The Morgan fingerprint density at radius 1 is 1.38 bits per heavy atom. The highest BCUT2D eigenvalue weighted by Gasteiger charge is 2.33. The molecule has 2 N–H and O–H groups in total. The fourth-order valence-corrected chi connectivity index (χ4v) is 4.04. The smallest absolute Gasteiger partial charge is 0.318 e. The Hall–Kier alpha value is -1.56. The van der Waals surface area contributed by atoms with Gasteiger partial charge >= 0.3 is 6.03 Å². The van der Waals surface area contributed by atoms with Crippen molar-refractivity contribution in [3.8, 4) is 0 Å². The molecule has 0 radical (unpaired) electrons. The minimum atomic E-state index is -0.210. The average Bonchev–Trinajstić information content (AvgIpc) is 3.03. The van der Waals surface area contributed by atoms with Crippen LogP contribution in [0.5, 0.6) is 0 Å². The molecule has 2 aliphatic heterocycles. The first-order valence-corrected chi connectivity index (χ1v) is 9.20. The molecule has 0 bridgehead atoms. The predicted octanol–water partition coefficient (Wildman–Crippen LogP) is 3.22. The van der Waals surface area contributed by atoms with Gasteiger partial charge in [-0.1, -0.05) is 12.8 Å². The van der Waals surface area contributed by atoms with Crippen molar-refractivity contribution in [3.05, 3.63) is 17.0 Å². The number of H-pyrrole nitrogens is 1. The molecule has 3 rings (SSSR count). The first-order chi connectivity index (χ1) is 11.5. The van der Waals surface area contributed by atoms with E-state index in [1.54, 1.807) is 0 Å². The molecule has 0 spiro atoms. The zero-order valence-electron chi connectivity index (χ0n) is 15.2. The van der Waals surface area contributed by atoms with Crippen LogP contribution in [0.4, 0.5) is 4.79 Å². The van der Waals surface area contributed by atoms with Gasteiger partial charge < -0.3 is 15.0 Å². The summed E-state index contributed by atoms with van der Waals surface area (Å²) >= 11 is 0. The van der Waals surface area contributed by atoms with Gasteiger partial charge in [0, 0.05) is 31.0 Å². The van der Waals surface area contributed by atoms with Gasteiger partial charge in [-0.3, -0.25) is 5.10 Å². The lowest BCUT2D eigenvalue weighted by molar-refractivity contribution is 0.0214. The summed E-state index contributed by atoms with van der Waals surface area (Å²) in [6.07, 6.45) is 6.48. The maximum absolute atomic E-state index is 12.9. The first kappa shape index (κ1) is 17.3. The number of ether oxygens (including phenoxy) is 1. The number of carbonyl (C=O) groups excluding carboxylic acids is 1. The normalized spacial score (nSPS) is 28.0. The minimum Gasteiger partial charge on any atom is -0.373 e. The van der Waals surface area contributed by atoms with E-state index in [1.165, 1.54) is 12.0 Å². The van der Waals surface area contributed by atoms with E-state index in [-0.39, 0.29) is 17.7 Å². The standard InChI is InChI=1S/C18H30N4O2/c1-13-16(14(2)21-20-13)15-8-5-4-6-10-22(15)17(23)19-12-18(3)9-7-11-24-18/h15H,4-12H2,1-3H3,(H,19,23)(H,20,21)/t15-,18+/m0/s1. The minimum absolute atomic E-state index is 0.0265. The van der Waals surface area contributed by atoms with Gasteiger partial charge in [0.2, 0.25) is 0 Å². The molecule has 1 aromatic rings. The molecule has 2 atom stereocenters. The topological polar surface area (TPSA) is 70.2 Å². The molecule has 1 aromatic heterocycles. The number of nitrogens with one attached hydrogen (secondary N) is 2. The molecule has 24 heavy (non-hydrogen) atoms. The van der Waals surface area contributed by atoms with Crippen LogP contribution in [0.2, 0.25) is 0 Å². The third-order valence-corrected chi connectivity index (χ3v) is 5.45. The number of likely N-dealkylation sites (tertiary alicyclic amines) is 1. The number of aromatic nitrogens is 2. The second kappa shape index (κ2) is 7.13. The summed E-state index contributed by atoms with van der Waals surface area (Å²) in [7, 11) is 0. The lowest BCUT2D eigenvalue weighted by atomic mass is 9.99. The molecular weight excluding hydrogens is 304 g/mol. The molecule has 6 nitrogen and oxygen atoms in total. The molecule has 0 aliphatic carbocycles. The fraction of sp³-hybridized carbons (Fsp3) is 0.778. The van der Waals surface area contributed by atoms with Gasteiger partial charge in [-0.05, 0) is 46.5 Å². The second-order valence-electron chi connectivity index (χ2n) is 7.47. The van der Waals surface area contributed by atoms with Gasteiger partial charge in [-0.25, -0.2) is 4.79 Å². The predicted molar refractivity (Wildman–Crippen MR) is 93.0 cm³/mol. The number of aryl methyl sites for hydroxylation is 2. The number of hydrogen-bond acceptors (Lipinski definition) is 3. The number of amides is 2. The van der Waals surface area contributed by atoms with Crippen molar-refractivity contribution < 1.29 is 9.53 Å². The molecular formula is C18H30N4O2. The number of carbonyl (C=O) groups is 1. The van der Waals surface area contributed by atoms with Crippen LogP contribution in [0.25, 0.3) is 0 Å². The number of nitrogens with zero attached hydrogens (tertiary/aromatic N) is 2. The van der Waals surface area contributed by atoms with Crippen LogP contribution in [-0.2, 0) is 4.74 Å². The zero-order valence-corrected chi connectivity index (χ0v) is 15.2. The summed E-state index contributed by atoms with van der Waals surface area (Å²) in [5.74, 6) is 0. The summed E-state index contributed by atoms with van der Waals surface area (Å²) in [6.45, 7) is 8.34. The van der Waals surface area contributed by atoms with E-state index in [9.17, 15) is 4.79 Å². The Kier molecular flexibility index (Phi) is 5.13. The van der Waals surface area contributed by atoms with E-state index in [1.807, 2.05) is 18.7 Å². The van der Waals surface area contributed by atoms with Crippen molar-refractivity contribution >= 4 is 6.03 Å². The number of rotatable bonds is 3. The highest BCUT2D eigenvalue weighted by atomic mass is 16.5. The molecule has 2 amide bonds. The van der Waals surface area contributed by atoms with E-state index in [0.717, 1.165) is 56.6 Å². The maximum atomic E-state index is 12.9. The average molecular weight is 334 g/mol. The number of aromatic amines is 1. The van der Waals surface area contributed by atoms with Crippen LogP contribution in [0.1, 0.15) is 68.4 Å². The van der Waals surface area contributed by atoms with Crippen molar-refractivity contribution in [3.63, 3.8) is 0 Å². The molecule has 0 saturated carbocycles. The highest BCUT2D eigenvalue weighted by molar-refractivity contribution is 5.75. The van der Waals surface area contributed by atoms with Gasteiger partial charge in [-0.2, -0.15) is 5.10 Å². The Morgan fingerprint density at radius 3 is 2.88 bits per heavy atom. The summed E-state index contributed by atoms with van der Waals surface area (Å²) in [6, 6.07) is 0.141. The molecule has 2 fully saturated rings. The highest BCUT2D eigenvalue weighted by Crippen LogP contribution is 2.33. The third kappa shape index (κ3) is 3.58. The van der Waals surface area contributed by atoms with Crippen molar-refractivity contribution in [1.82, 2.24) is 20.4 Å².